The number of carbonyl (C=O) groups is 1. The fourth-order valence-corrected chi connectivity index (χ4v) is 4.34. The molecule has 3 rings (SSSR count). The number of likely N-dealkylation sites (tertiary alicyclic amines) is 1. The molecule has 0 N–H and O–H groups in total. The van der Waals surface area contributed by atoms with Crippen molar-refractivity contribution in [3.8, 4) is 0 Å². The fourth-order valence-electron chi connectivity index (χ4n) is 2.67. The lowest BCUT2D eigenvalue weighted by Gasteiger charge is -2.38. The standard InChI is InChI=1S/C14H15Cl2NO2S/c15-10-1-2-11(12(16)9-10)13(18)17-5-3-14(4-6-17)19-7-8-20-14/h1-2,9H,3-8H2. The highest BCUT2D eigenvalue weighted by Gasteiger charge is 2.40. The van der Waals surface area contributed by atoms with Gasteiger partial charge in [-0.2, -0.15) is 0 Å². The zero-order valence-electron chi connectivity index (χ0n) is 10.9. The van der Waals surface area contributed by atoms with Crippen molar-refractivity contribution in [1.29, 1.82) is 0 Å². The van der Waals surface area contributed by atoms with Crippen molar-refractivity contribution in [2.24, 2.45) is 0 Å². The summed E-state index contributed by atoms with van der Waals surface area (Å²) < 4.78 is 5.84. The molecule has 1 amide bonds. The summed E-state index contributed by atoms with van der Waals surface area (Å²) in [6.07, 6.45) is 1.77. The van der Waals surface area contributed by atoms with Crippen molar-refractivity contribution < 1.29 is 9.53 Å². The first kappa shape index (κ1) is 14.5. The minimum atomic E-state index is -0.0550. The number of hydrogen-bond donors (Lipinski definition) is 0. The Labute approximate surface area is 132 Å². The quantitative estimate of drug-likeness (QED) is 0.786. The summed E-state index contributed by atoms with van der Waals surface area (Å²) in [6.45, 7) is 2.25. The Morgan fingerprint density at radius 1 is 1.30 bits per heavy atom. The van der Waals surface area contributed by atoms with E-state index in [4.69, 9.17) is 27.9 Å². The Bertz CT molecular complexity index is 522. The third-order valence-corrected chi connectivity index (χ3v) is 5.76. The van der Waals surface area contributed by atoms with Gasteiger partial charge in [-0.25, -0.2) is 0 Å². The molecule has 2 fully saturated rings. The molecule has 0 atom stereocenters. The number of benzene rings is 1. The summed E-state index contributed by atoms with van der Waals surface area (Å²) >= 11 is 13.8. The van der Waals surface area contributed by atoms with Crippen LogP contribution in [-0.4, -0.2) is 41.2 Å². The van der Waals surface area contributed by atoms with Gasteiger partial charge in [0.2, 0.25) is 0 Å². The monoisotopic (exact) mass is 331 g/mol. The zero-order chi connectivity index (χ0) is 14.2. The largest absolute Gasteiger partial charge is 0.363 e. The van der Waals surface area contributed by atoms with E-state index >= 15 is 0 Å². The van der Waals surface area contributed by atoms with Crippen LogP contribution in [0.2, 0.25) is 10.0 Å². The van der Waals surface area contributed by atoms with Crippen LogP contribution < -0.4 is 0 Å². The first-order chi connectivity index (χ1) is 9.60. The van der Waals surface area contributed by atoms with Gasteiger partial charge >= 0.3 is 0 Å². The maximum Gasteiger partial charge on any atom is 0.255 e. The van der Waals surface area contributed by atoms with Crippen LogP contribution in [0.5, 0.6) is 0 Å². The highest BCUT2D eigenvalue weighted by Crippen LogP contribution is 2.41. The number of halogens is 2. The Kier molecular flexibility index (Phi) is 4.18. The molecule has 2 aliphatic rings. The topological polar surface area (TPSA) is 29.5 Å². The SMILES string of the molecule is O=C(c1ccc(Cl)cc1Cl)N1CCC2(CC1)OCCS2. The Morgan fingerprint density at radius 2 is 2.05 bits per heavy atom. The molecule has 0 unspecified atom stereocenters. The molecule has 1 aromatic carbocycles. The second-order valence-electron chi connectivity index (χ2n) is 5.02. The molecule has 0 radical (unpaired) electrons. The summed E-state index contributed by atoms with van der Waals surface area (Å²) in [6, 6.07) is 5.00. The van der Waals surface area contributed by atoms with Crippen LogP contribution in [0.4, 0.5) is 0 Å². The van der Waals surface area contributed by atoms with E-state index in [-0.39, 0.29) is 10.8 Å². The summed E-state index contributed by atoms with van der Waals surface area (Å²) in [7, 11) is 0. The van der Waals surface area contributed by atoms with E-state index in [2.05, 4.69) is 0 Å². The van der Waals surface area contributed by atoms with Gasteiger partial charge in [0, 0.05) is 36.7 Å². The average molecular weight is 332 g/mol. The number of nitrogens with zero attached hydrogens (tertiary/aromatic N) is 1. The zero-order valence-corrected chi connectivity index (χ0v) is 13.2. The summed E-state index contributed by atoms with van der Waals surface area (Å²) in [5.41, 5.74) is 0.520. The Morgan fingerprint density at radius 3 is 2.65 bits per heavy atom. The highest BCUT2D eigenvalue weighted by atomic mass is 35.5. The molecule has 0 aromatic heterocycles. The fraction of sp³-hybridized carbons (Fsp3) is 0.500. The maximum absolute atomic E-state index is 12.5. The summed E-state index contributed by atoms with van der Waals surface area (Å²) in [4.78, 5) is 14.3. The van der Waals surface area contributed by atoms with Crippen molar-refractivity contribution >= 4 is 40.9 Å². The van der Waals surface area contributed by atoms with Gasteiger partial charge in [0.25, 0.3) is 5.91 Å². The first-order valence-corrected chi connectivity index (χ1v) is 8.36. The van der Waals surface area contributed by atoms with Crippen LogP contribution in [0.25, 0.3) is 0 Å². The molecule has 20 heavy (non-hydrogen) atoms. The Balaban J connectivity index is 1.69. The lowest BCUT2D eigenvalue weighted by Crippen LogP contribution is -2.45. The molecule has 1 aromatic rings. The van der Waals surface area contributed by atoms with Gasteiger partial charge in [-0.05, 0) is 18.2 Å². The second-order valence-corrected chi connectivity index (χ2v) is 7.31. The van der Waals surface area contributed by atoms with E-state index in [1.807, 2.05) is 16.7 Å². The number of rotatable bonds is 1. The van der Waals surface area contributed by atoms with Crippen LogP contribution in [0.3, 0.4) is 0 Å². The lowest BCUT2D eigenvalue weighted by atomic mass is 10.1. The van der Waals surface area contributed by atoms with E-state index in [1.165, 1.54) is 0 Å². The average Bonchev–Trinajstić information content (AvgIpc) is 2.87. The van der Waals surface area contributed by atoms with Gasteiger partial charge in [0.05, 0.1) is 17.2 Å². The minimum absolute atomic E-state index is 0.0236. The van der Waals surface area contributed by atoms with Crippen molar-refractivity contribution in [2.75, 3.05) is 25.4 Å². The number of amides is 1. The normalized spacial score (nSPS) is 21.4. The molecule has 0 saturated carbocycles. The molecule has 2 aliphatic heterocycles. The molecule has 108 valence electrons. The van der Waals surface area contributed by atoms with E-state index < -0.39 is 0 Å². The van der Waals surface area contributed by atoms with Crippen molar-refractivity contribution in [3.63, 3.8) is 0 Å². The number of ether oxygens (including phenoxy) is 1. The van der Waals surface area contributed by atoms with E-state index in [9.17, 15) is 4.79 Å². The predicted molar refractivity (Wildman–Crippen MR) is 82.7 cm³/mol. The van der Waals surface area contributed by atoms with Gasteiger partial charge in [0.1, 0.15) is 4.93 Å². The number of thioether (sulfide) groups is 1. The number of hydrogen-bond acceptors (Lipinski definition) is 3. The lowest BCUT2D eigenvalue weighted by molar-refractivity contribution is 0.00353. The smallest absolute Gasteiger partial charge is 0.255 e. The molecule has 3 nitrogen and oxygen atoms in total. The molecule has 1 spiro atoms. The van der Waals surface area contributed by atoms with E-state index in [0.29, 0.717) is 28.7 Å². The van der Waals surface area contributed by atoms with Crippen molar-refractivity contribution in [2.45, 2.75) is 17.8 Å². The molecule has 0 bridgehead atoms. The van der Waals surface area contributed by atoms with Crippen LogP contribution in [0.15, 0.2) is 18.2 Å². The molecule has 2 saturated heterocycles. The number of carbonyl (C=O) groups excluding carboxylic acids is 1. The summed E-state index contributed by atoms with van der Waals surface area (Å²) in [5.74, 6) is 1.03. The van der Waals surface area contributed by atoms with Crippen LogP contribution >= 0.6 is 35.0 Å². The molecular weight excluding hydrogens is 317 g/mol. The van der Waals surface area contributed by atoms with Gasteiger partial charge in [-0.1, -0.05) is 23.2 Å². The van der Waals surface area contributed by atoms with Crippen LogP contribution in [-0.2, 0) is 4.74 Å². The maximum atomic E-state index is 12.5. The first-order valence-electron chi connectivity index (χ1n) is 6.62. The predicted octanol–water partition coefficient (Wildman–Crippen LogP) is 3.69. The highest BCUT2D eigenvalue weighted by molar-refractivity contribution is 8.00. The van der Waals surface area contributed by atoms with E-state index in [0.717, 1.165) is 25.2 Å². The van der Waals surface area contributed by atoms with Gasteiger partial charge in [0.15, 0.2) is 0 Å². The van der Waals surface area contributed by atoms with Crippen molar-refractivity contribution in [3.05, 3.63) is 33.8 Å². The van der Waals surface area contributed by atoms with Gasteiger partial charge in [-0.15, -0.1) is 11.8 Å². The van der Waals surface area contributed by atoms with Crippen LogP contribution in [0, 0.1) is 0 Å². The van der Waals surface area contributed by atoms with Crippen molar-refractivity contribution in [1.82, 2.24) is 4.90 Å². The van der Waals surface area contributed by atoms with Gasteiger partial charge in [-0.3, -0.25) is 4.79 Å². The third kappa shape index (κ3) is 2.80. The molecule has 0 aliphatic carbocycles. The van der Waals surface area contributed by atoms with E-state index in [1.54, 1.807) is 18.2 Å². The Hall–Kier alpha value is -0.420. The molecule has 6 heteroatoms. The summed E-state index contributed by atoms with van der Waals surface area (Å²) in [5, 5.41) is 0.953. The van der Waals surface area contributed by atoms with Crippen LogP contribution in [0.1, 0.15) is 23.2 Å². The number of piperidine rings is 1. The molecular formula is C14H15Cl2NO2S. The van der Waals surface area contributed by atoms with Gasteiger partial charge < -0.3 is 9.64 Å². The molecule has 2 heterocycles. The second kappa shape index (κ2) is 5.76. The third-order valence-electron chi connectivity index (χ3n) is 3.79. The minimum Gasteiger partial charge on any atom is -0.363 e.